The van der Waals surface area contributed by atoms with Crippen molar-refractivity contribution in [2.75, 3.05) is 0 Å². The summed E-state index contributed by atoms with van der Waals surface area (Å²) in [5, 5.41) is 3.28. The molecule has 0 saturated heterocycles. The van der Waals surface area contributed by atoms with Gasteiger partial charge in [-0.1, -0.05) is 12.1 Å². The second kappa shape index (κ2) is 7.63. The second-order valence-electron chi connectivity index (χ2n) is 6.05. The lowest BCUT2D eigenvalue weighted by molar-refractivity contribution is -0.122. The molecule has 1 aromatic heterocycles. The minimum atomic E-state index is -0.575. The topological polar surface area (TPSA) is 110 Å². The number of amides is 1. The number of nitrogens with zero attached hydrogens (tertiary/aromatic N) is 1. The van der Waals surface area contributed by atoms with E-state index in [1.807, 2.05) is 0 Å². The smallest absolute Gasteiger partial charge is 0.329 e. The molecule has 1 aliphatic rings. The van der Waals surface area contributed by atoms with Crippen LogP contribution in [0.25, 0.3) is 10.9 Å². The summed E-state index contributed by atoms with van der Waals surface area (Å²) in [6.45, 7) is -0.276. The summed E-state index contributed by atoms with van der Waals surface area (Å²) in [6, 6.07) is 7.02. The Morgan fingerprint density at radius 1 is 1.21 bits per heavy atom. The van der Waals surface area contributed by atoms with E-state index < -0.39 is 11.2 Å². The standard InChI is InChI=1S/C16H20N4O3.ClH/c17-10-5-7-11(8-6-10)18-14(21)9-20-15(22)12-3-1-2-4-13(12)19-16(20)23;/h1-4,10-11H,5-9,17H2,(H,18,21)(H,19,23);1H. The zero-order valence-corrected chi connectivity index (χ0v) is 14.0. The fourth-order valence-electron chi connectivity index (χ4n) is 3.02. The summed E-state index contributed by atoms with van der Waals surface area (Å²) < 4.78 is 0.937. The number of nitrogens with two attached hydrogens (primary N) is 1. The average Bonchev–Trinajstić information content (AvgIpc) is 2.54. The number of para-hydroxylation sites is 1. The van der Waals surface area contributed by atoms with E-state index in [1.54, 1.807) is 24.3 Å². The van der Waals surface area contributed by atoms with E-state index in [4.69, 9.17) is 5.73 Å². The third-order valence-electron chi connectivity index (χ3n) is 4.33. The van der Waals surface area contributed by atoms with Crippen LogP contribution in [0.1, 0.15) is 25.7 Å². The first-order valence-corrected chi connectivity index (χ1v) is 7.81. The van der Waals surface area contributed by atoms with E-state index in [-0.39, 0.29) is 36.9 Å². The third-order valence-corrected chi connectivity index (χ3v) is 4.33. The normalized spacial score (nSPS) is 20.4. The molecule has 1 heterocycles. The lowest BCUT2D eigenvalue weighted by Crippen LogP contribution is -2.45. The van der Waals surface area contributed by atoms with Crippen LogP contribution in [-0.4, -0.2) is 27.5 Å². The number of hydrogen-bond donors (Lipinski definition) is 3. The molecule has 8 heteroatoms. The Balaban J connectivity index is 0.00000208. The number of aromatic nitrogens is 2. The first-order chi connectivity index (χ1) is 11.0. The molecule has 4 N–H and O–H groups in total. The van der Waals surface area contributed by atoms with Crippen LogP contribution >= 0.6 is 12.4 Å². The maximum absolute atomic E-state index is 12.4. The Labute approximate surface area is 144 Å². The molecular formula is C16H21ClN4O3. The molecule has 1 fully saturated rings. The van der Waals surface area contributed by atoms with Crippen molar-refractivity contribution in [3.8, 4) is 0 Å². The van der Waals surface area contributed by atoms with E-state index in [2.05, 4.69) is 10.3 Å². The molecule has 130 valence electrons. The summed E-state index contributed by atoms with van der Waals surface area (Å²) in [5.74, 6) is -0.326. The molecule has 2 aromatic rings. The molecule has 0 unspecified atom stereocenters. The average molecular weight is 353 g/mol. The fourth-order valence-corrected chi connectivity index (χ4v) is 3.02. The van der Waals surface area contributed by atoms with Crippen LogP contribution < -0.4 is 22.3 Å². The van der Waals surface area contributed by atoms with Gasteiger partial charge in [-0.3, -0.25) is 14.2 Å². The van der Waals surface area contributed by atoms with Crippen molar-refractivity contribution in [2.24, 2.45) is 5.73 Å². The van der Waals surface area contributed by atoms with Crippen LogP contribution in [0.2, 0.25) is 0 Å². The number of H-pyrrole nitrogens is 1. The van der Waals surface area contributed by atoms with Gasteiger partial charge in [0.2, 0.25) is 5.91 Å². The van der Waals surface area contributed by atoms with Gasteiger partial charge in [0, 0.05) is 12.1 Å². The van der Waals surface area contributed by atoms with Crippen LogP contribution in [-0.2, 0) is 11.3 Å². The third kappa shape index (κ3) is 3.85. The van der Waals surface area contributed by atoms with Gasteiger partial charge in [-0.2, -0.15) is 0 Å². The predicted octanol–water partition coefficient (Wildman–Crippen LogP) is 0.498. The van der Waals surface area contributed by atoms with E-state index in [1.165, 1.54) is 0 Å². The molecule has 7 nitrogen and oxygen atoms in total. The number of carbonyl (C=O) groups excluding carboxylic acids is 1. The van der Waals surface area contributed by atoms with Gasteiger partial charge >= 0.3 is 5.69 Å². The monoisotopic (exact) mass is 352 g/mol. The van der Waals surface area contributed by atoms with Gasteiger partial charge in [0.1, 0.15) is 6.54 Å². The van der Waals surface area contributed by atoms with Gasteiger partial charge < -0.3 is 16.0 Å². The molecule has 1 aromatic carbocycles. The number of aromatic amines is 1. The largest absolute Gasteiger partial charge is 0.352 e. The fraction of sp³-hybridized carbons (Fsp3) is 0.438. The predicted molar refractivity (Wildman–Crippen MR) is 94.5 cm³/mol. The zero-order valence-electron chi connectivity index (χ0n) is 13.2. The van der Waals surface area contributed by atoms with Crippen LogP contribution in [0.3, 0.4) is 0 Å². The first-order valence-electron chi connectivity index (χ1n) is 7.81. The number of benzene rings is 1. The van der Waals surface area contributed by atoms with Crippen molar-refractivity contribution in [3.05, 3.63) is 45.1 Å². The van der Waals surface area contributed by atoms with Gasteiger partial charge in [-0.05, 0) is 37.8 Å². The summed E-state index contributed by atoms with van der Waals surface area (Å²) in [7, 11) is 0. The Morgan fingerprint density at radius 3 is 2.58 bits per heavy atom. The van der Waals surface area contributed by atoms with Crippen molar-refractivity contribution < 1.29 is 4.79 Å². The highest BCUT2D eigenvalue weighted by atomic mass is 35.5. The lowest BCUT2D eigenvalue weighted by Gasteiger charge is -2.26. The molecule has 3 rings (SSSR count). The molecule has 0 spiro atoms. The highest BCUT2D eigenvalue weighted by molar-refractivity contribution is 5.85. The van der Waals surface area contributed by atoms with Crippen molar-refractivity contribution in [3.63, 3.8) is 0 Å². The number of nitrogens with one attached hydrogen (secondary N) is 2. The molecule has 0 bridgehead atoms. The van der Waals surface area contributed by atoms with Crippen molar-refractivity contribution in [1.82, 2.24) is 14.9 Å². The van der Waals surface area contributed by atoms with Gasteiger partial charge in [0.25, 0.3) is 5.56 Å². The number of rotatable bonds is 3. The minimum Gasteiger partial charge on any atom is -0.352 e. The van der Waals surface area contributed by atoms with Gasteiger partial charge in [0.05, 0.1) is 10.9 Å². The van der Waals surface area contributed by atoms with E-state index >= 15 is 0 Å². The zero-order chi connectivity index (χ0) is 16.4. The lowest BCUT2D eigenvalue weighted by atomic mass is 9.92. The quantitative estimate of drug-likeness (QED) is 0.747. The Kier molecular flexibility index (Phi) is 5.80. The maximum Gasteiger partial charge on any atom is 0.329 e. The number of fused-ring (bicyclic) bond motifs is 1. The number of hydrogen-bond acceptors (Lipinski definition) is 4. The highest BCUT2D eigenvalue weighted by Crippen LogP contribution is 2.16. The van der Waals surface area contributed by atoms with Gasteiger partial charge in [0.15, 0.2) is 0 Å². The molecule has 1 saturated carbocycles. The summed E-state index contributed by atoms with van der Waals surface area (Å²) in [5.41, 5.74) is 5.28. The van der Waals surface area contributed by atoms with E-state index in [0.29, 0.717) is 10.9 Å². The SMILES string of the molecule is Cl.NC1CCC(NC(=O)Cn2c(=O)[nH]c3ccccc3c2=O)CC1. The molecule has 1 amide bonds. The van der Waals surface area contributed by atoms with Crippen molar-refractivity contribution >= 4 is 29.2 Å². The maximum atomic E-state index is 12.4. The van der Waals surface area contributed by atoms with E-state index in [9.17, 15) is 14.4 Å². The van der Waals surface area contributed by atoms with Gasteiger partial charge in [-0.15, -0.1) is 12.4 Å². The van der Waals surface area contributed by atoms with E-state index in [0.717, 1.165) is 30.3 Å². The van der Waals surface area contributed by atoms with Crippen LogP contribution in [0.5, 0.6) is 0 Å². The Hall–Kier alpha value is -2.12. The molecule has 1 aliphatic carbocycles. The Bertz CT molecular complexity index is 837. The van der Waals surface area contributed by atoms with Crippen LogP contribution in [0.15, 0.2) is 33.9 Å². The first kappa shape index (κ1) is 18.2. The molecule has 0 radical (unpaired) electrons. The summed E-state index contributed by atoms with van der Waals surface area (Å²) in [4.78, 5) is 39.2. The highest BCUT2D eigenvalue weighted by Gasteiger charge is 2.20. The van der Waals surface area contributed by atoms with Crippen molar-refractivity contribution in [2.45, 2.75) is 44.3 Å². The minimum absolute atomic E-state index is 0. The van der Waals surface area contributed by atoms with Crippen molar-refractivity contribution in [1.29, 1.82) is 0 Å². The Morgan fingerprint density at radius 2 is 1.88 bits per heavy atom. The van der Waals surface area contributed by atoms with Crippen LogP contribution in [0.4, 0.5) is 0 Å². The number of halogens is 1. The number of carbonyl (C=O) groups is 1. The molecule has 0 atom stereocenters. The molecule has 24 heavy (non-hydrogen) atoms. The molecular weight excluding hydrogens is 332 g/mol. The second-order valence-corrected chi connectivity index (χ2v) is 6.05. The molecule has 0 aliphatic heterocycles. The van der Waals surface area contributed by atoms with Crippen LogP contribution in [0, 0.1) is 0 Å². The summed E-state index contributed by atoms with van der Waals surface area (Å²) in [6.07, 6.45) is 3.41. The summed E-state index contributed by atoms with van der Waals surface area (Å²) >= 11 is 0. The van der Waals surface area contributed by atoms with Gasteiger partial charge in [-0.25, -0.2) is 4.79 Å².